The lowest BCUT2D eigenvalue weighted by atomic mass is 9.98. The van der Waals surface area contributed by atoms with Gasteiger partial charge in [0.15, 0.2) is 8.07 Å². The minimum Gasteiger partial charge on any atom is -0.309 e. The summed E-state index contributed by atoms with van der Waals surface area (Å²) in [7, 11) is -2.90. The second kappa shape index (κ2) is 15.2. The van der Waals surface area contributed by atoms with Crippen molar-refractivity contribution in [3.63, 3.8) is 0 Å². The van der Waals surface area contributed by atoms with Crippen LogP contribution in [-0.2, 0) is 0 Å². The maximum absolute atomic E-state index is 2.90. The fourth-order valence-corrected chi connectivity index (χ4v) is 15.4. The van der Waals surface area contributed by atoms with Gasteiger partial charge in [0.1, 0.15) is 0 Å². The Morgan fingerprint density at radius 1 is 0.270 bits per heavy atom. The lowest BCUT2D eigenvalue weighted by molar-refractivity contribution is 1.16. The lowest BCUT2D eigenvalue weighted by Gasteiger charge is -2.35. The van der Waals surface area contributed by atoms with Crippen LogP contribution in [-0.4, -0.2) is 17.2 Å². The van der Waals surface area contributed by atoms with Gasteiger partial charge in [-0.2, -0.15) is 0 Å². The van der Waals surface area contributed by atoms with Crippen molar-refractivity contribution in [3.8, 4) is 33.6 Å². The molecule has 0 aliphatic heterocycles. The van der Waals surface area contributed by atoms with E-state index in [0.717, 1.165) is 11.4 Å². The molecular formula is C60H42N2Si. The Kier molecular flexibility index (Phi) is 8.87. The van der Waals surface area contributed by atoms with E-state index in [0.29, 0.717) is 0 Å². The first-order valence-electron chi connectivity index (χ1n) is 21.8. The number of fused-ring (bicyclic) bond motifs is 6. The van der Waals surface area contributed by atoms with Crippen LogP contribution in [0.3, 0.4) is 0 Å². The van der Waals surface area contributed by atoms with Crippen LogP contribution < -0.4 is 20.7 Å². The van der Waals surface area contributed by atoms with Crippen molar-refractivity contribution in [1.29, 1.82) is 0 Å². The molecule has 0 N–H and O–H groups in total. The molecule has 12 rings (SSSR count). The van der Waals surface area contributed by atoms with E-state index in [9.17, 15) is 0 Å². The molecule has 0 bridgehead atoms. The predicted octanol–water partition coefficient (Wildman–Crippen LogP) is 12.6. The third-order valence-corrected chi connectivity index (χ3v) is 17.9. The van der Waals surface area contributed by atoms with Gasteiger partial charge in [0.2, 0.25) is 0 Å². The number of aromatic nitrogens is 2. The highest BCUT2D eigenvalue weighted by atomic mass is 28.3. The van der Waals surface area contributed by atoms with Crippen LogP contribution in [0.25, 0.3) is 77.2 Å². The molecule has 0 fully saturated rings. The third-order valence-electron chi connectivity index (χ3n) is 13.1. The molecule has 2 aromatic heterocycles. The molecule has 0 spiro atoms. The zero-order valence-electron chi connectivity index (χ0n) is 34.6. The number of hydrogen-bond donors (Lipinski definition) is 0. The van der Waals surface area contributed by atoms with Crippen molar-refractivity contribution in [1.82, 2.24) is 9.13 Å². The van der Waals surface area contributed by atoms with E-state index in [1.165, 1.54) is 86.6 Å². The largest absolute Gasteiger partial charge is 0.309 e. The average Bonchev–Trinajstić information content (AvgIpc) is 3.89. The first-order valence-corrected chi connectivity index (χ1v) is 23.8. The Hall–Kier alpha value is -7.98. The molecule has 3 heteroatoms. The van der Waals surface area contributed by atoms with E-state index >= 15 is 0 Å². The predicted molar refractivity (Wildman–Crippen MR) is 270 cm³/mol. The molecule has 2 nitrogen and oxygen atoms in total. The second-order valence-corrected chi connectivity index (χ2v) is 20.2. The molecule has 0 atom stereocenters. The smallest absolute Gasteiger partial charge is 0.180 e. The van der Waals surface area contributed by atoms with Gasteiger partial charge in [-0.25, -0.2) is 0 Å². The monoisotopic (exact) mass is 818 g/mol. The van der Waals surface area contributed by atoms with E-state index in [1.807, 2.05) is 0 Å². The highest BCUT2D eigenvalue weighted by Crippen LogP contribution is 2.42. The Morgan fingerprint density at radius 2 is 0.698 bits per heavy atom. The molecule has 0 unspecified atom stereocenters. The zero-order chi connectivity index (χ0) is 41.7. The standard InChI is InChI=1S/C60H42N2Si/c1-6-21-43(22-7-1)44-37-39-46(40-38-44)61-54-33-18-16-31-51(54)59-53(45-23-8-2-9-24-45)41-47(42-57(59)61)62-55-34-19-17-32-52(55)60-56(62)35-20-36-58(60)63(48-25-10-3-11-26-48,49-27-12-4-13-28-49)50-29-14-5-15-30-50/h1-42H. The normalized spacial score (nSPS) is 11.8. The molecule has 63 heavy (non-hydrogen) atoms. The minimum atomic E-state index is -2.90. The van der Waals surface area contributed by atoms with E-state index in [1.54, 1.807) is 0 Å². The number of hydrogen-bond acceptors (Lipinski definition) is 0. The SMILES string of the molecule is c1ccc(-c2ccc(-n3c4ccccc4c4c(-c5ccccc5)cc(-n5c6ccccc6c6c([Si](c7ccccc7)(c7ccccc7)c7ccccc7)cccc65)cc43)cc2)cc1. The Morgan fingerprint density at radius 3 is 1.25 bits per heavy atom. The number of benzene rings is 10. The molecule has 12 aromatic rings. The van der Waals surface area contributed by atoms with Gasteiger partial charge in [-0.3, -0.25) is 0 Å². The second-order valence-electron chi connectivity index (χ2n) is 16.4. The summed E-state index contributed by atoms with van der Waals surface area (Å²) in [6, 6.07) is 94.3. The van der Waals surface area contributed by atoms with Gasteiger partial charge in [-0.15, -0.1) is 0 Å². The summed E-state index contributed by atoms with van der Waals surface area (Å²) < 4.78 is 4.99. The van der Waals surface area contributed by atoms with Gasteiger partial charge in [0.05, 0.1) is 22.1 Å². The van der Waals surface area contributed by atoms with Crippen LogP contribution in [0.5, 0.6) is 0 Å². The summed E-state index contributed by atoms with van der Waals surface area (Å²) in [6.45, 7) is 0. The third kappa shape index (κ3) is 5.85. The molecule has 0 aliphatic carbocycles. The van der Waals surface area contributed by atoms with E-state index < -0.39 is 8.07 Å². The fourth-order valence-electron chi connectivity index (χ4n) is 10.4. The molecule has 0 aliphatic rings. The highest BCUT2D eigenvalue weighted by molar-refractivity contribution is 7.20. The molecule has 0 radical (unpaired) electrons. The van der Waals surface area contributed by atoms with Crippen molar-refractivity contribution in [3.05, 3.63) is 255 Å². The van der Waals surface area contributed by atoms with Gasteiger partial charge in [0, 0.05) is 32.9 Å². The van der Waals surface area contributed by atoms with Gasteiger partial charge in [-0.1, -0.05) is 212 Å². The molecule has 0 saturated heterocycles. The van der Waals surface area contributed by atoms with Crippen molar-refractivity contribution in [2.24, 2.45) is 0 Å². The summed E-state index contributed by atoms with van der Waals surface area (Å²) in [6.07, 6.45) is 0. The lowest BCUT2D eigenvalue weighted by Crippen LogP contribution is -2.74. The summed E-state index contributed by atoms with van der Waals surface area (Å²) in [5, 5.41) is 10.5. The van der Waals surface area contributed by atoms with Crippen LogP contribution in [0, 0.1) is 0 Å². The minimum absolute atomic E-state index is 1.13. The first kappa shape index (κ1) is 36.8. The van der Waals surface area contributed by atoms with Crippen molar-refractivity contribution in [2.75, 3.05) is 0 Å². The number of rotatable bonds is 8. The van der Waals surface area contributed by atoms with E-state index in [4.69, 9.17) is 0 Å². The van der Waals surface area contributed by atoms with Gasteiger partial charge in [-0.05, 0) is 85.5 Å². The van der Waals surface area contributed by atoms with Crippen LogP contribution in [0.2, 0.25) is 0 Å². The quantitative estimate of drug-likeness (QED) is 0.107. The summed E-state index contributed by atoms with van der Waals surface area (Å²) >= 11 is 0. The van der Waals surface area contributed by atoms with Gasteiger partial charge in [0.25, 0.3) is 0 Å². The maximum atomic E-state index is 2.53. The molecule has 0 saturated carbocycles. The van der Waals surface area contributed by atoms with Crippen molar-refractivity contribution in [2.45, 2.75) is 0 Å². The Bertz CT molecular complexity index is 3480. The summed E-state index contributed by atoms with van der Waals surface area (Å²) in [4.78, 5) is 0. The highest BCUT2D eigenvalue weighted by Gasteiger charge is 2.43. The topological polar surface area (TPSA) is 9.86 Å². The van der Waals surface area contributed by atoms with Crippen LogP contribution >= 0.6 is 0 Å². The summed E-state index contributed by atoms with van der Waals surface area (Å²) in [5.74, 6) is 0. The average molecular weight is 819 g/mol. The first-order chi connectivity index (χ1) is 31.3. The van der Waals surface area contributed by atoms with Crippen molar-refractivity contribution < 1.29 is 0 Å². The van der Waals surface area contributed by atoms with Gasteiger partial charge >= 0.3 is 0 Å². The summed E-state index contributed by atoms with van der Waals surface area (Å²) in [5.41, 5.74) is 11.8. The van der Waals surface area contributed by atoms with Gasteiger partial charge < -0.3 is 9.13 Å². The van der Waals surface area contributed by atoms with Crippen LogP contribution in [0.1, 0.15) is 0 Å². The van der Waals surface area contributed by atoms with Crippen molar-refractivity contribution >= 4 is 72.4 Å². The molecular weight excluding hydrogens is 777 g/mol. The van der Waals surface area contributed by atoms with E-state index in [2.05, 4.69) is 264 Å². The molecule has 10 aromatic carbocycles. The molecule has 0 amide bonds. The Balaban J connectivity index is 1.19. The van der Waals surface area contributed by atoms with Crippen LogP contribution in [0.4, 0.5) is 0 Å². The fraction of sp³-hybridized carbons (Fsp3) is 0. The molecule has 2 heterocycles. The number of para-hydroxylation sites is 2. The zero-order valence-corrected chi connectivity index (χ0v) is 35.6. The van der Waals surface area contributed by atoms with E-state index in [-0.39, 0.29) is 0 Å². The Labute approximate surface area is 368 Å². The number of nitrogens with zero attached hydrogens (tertiary/aromatic N) is 2. The van der Waals surface area contributed by atoms with Crippen LogP contribution in [0.15, 0.2) is 255 Å². The molecule has 296 valence electrons. The maximum Gasteiger partial charge on any atom is 0.180 e.